The maximum Gasteiger partial charge on any atom is 0.407 e. The van der Waals surface area contributed by atoms with Gasteiger partial charge in [-0.25, -0.2) is 14.2 Å². The Morgan fingerprint density at radius 2 is 1.79 bits per heavy atom. The van der Waals surface area contributed by atoms with Gasteiger partial charge < -0.3 is 15.4 Å². The largest absolute Gasteiger partial charge is 0.444 e. The number of hydrogen-bond acceptors (Lipinski definition) is 5. The van der Waals surface area contributed by atoms with Crippen LogP contribution in [0.1, 0.15) is 53.1 Å². The van der Waals surface area contributed by atoms with Crippen LogP contribution < -0.4 is 10.6 Å². The van der Waals surface area contributed by atoms with E-state index in [1.807, 2.05) is 0 Å². The molecule has 0 aliphatic rings. The van der Waals surface area contributed by atoms with Crippen LogP contribution in [-0.4, -0.2) is 35.7 Å². The summed E-state index contributed by atoms with van der Waals surface area (Å²) >= 11 is 1.34. The van der Waals surface area contributed by atoms with Gasteiger partial charge in [0.1, 0.15) is 16.3 Å². The van der Waals surface area contributed by atoms with Crippen molar-refractivity contribution in [1.29, 1.82) is 0 Å². The molecule has 0 radical (unpaired) electrons. The summed E-state index contributed by atoms with van der Waals surface area (Å²) in [6.07, 6.45) is 0.673. The molecule has 0 unspecified atom stereocenters. The van der Waals surface area contributed by atoms with Crippen molar-refractivity contribution in [3.8, 4) is 0 Å². The Morgan fingerprint density at radius 1 is 1.14 bits per heavy atom. The first-order chi connectivity index (χ1) is 13.1. The number of halogens is 1. The Kier molecular flexibility index (Phi) is 7.51. The van der Waals surface area contributed by atoms with Gasteiger partial charge in [-0.1, -0.05) is 12.1 Å². The summed E-state index contributed by atoms with van der Waals surface area (Å²) in [6, 6.07) is 6.25. The van der Waals surface area contributed by atoms with Crippen LogP contribution >= 0.6 is 11.3 Å². The first-order valence-corrected chi connectivity index (χ1v) is 9.91. The van der Waals surface area contributed by atoms with Gasteiger partial charge >= 0.3 is 6.09 Å². The van der Waals surface area contributed by atoms with E-state index in [1.54, 1.807) is 39.8 Å². The van der Waals surface area contributed by atoms with E-state index in [-0.39, 0.29) is 11.7 Å². The Hall–Kier alpha value is -2.48. The summed E-state index contributed by atoms with van der Waals surface area (Å²) < 4.78 is 18.1. The van der Waals surface area contributed by atoms with Crippen LogP contribution in [0, 0.1) is 12.7 Å². The molecular formula is C20H26FN3O3S. The maximum absolute atomic E-state index is 13.0. The van der Waals surface area contributed by atoms with Gasteiger partial charge in [0, 0.05) is 19.5 Å². The van der Waals surface area contributed by atoms with Crippen molar-refractivity contribution in [2.24, 2.45) is 0 Å². The van der Waals surface area contributed by atoms with E-state index in [0.29, 0.717) is 36.5 Å². The first-order valence-electron chi connectivity index (χ1n) is 9.10. The third-order valence-electron chi connectivity index (χ3n) is 3.62. The first kappa shape index (κ1) is 21.8. The lowest BCUT2D eigenvalue weighted by Crippen LogP contribution is -2.34. The van der Waals surface area contributed by atoms with Crippen LogP contribution in [0.4, 0.5) is 9.18 Å². The molecule has 1 aromatic heterocycles. The predicted molar refractivity (Wildman–Crippen MR) is 107 cm³/mol. The normalized spacial score (nSPS) is 11.2. The summed E-state index contributed by atoms with van der Waals surface area (Å²) in [5.41, 5.74) is 1.08. The van der Waals surface area contributed by atoms with E-state index < -0.39 is 11.7 Å². The number of alkyl carbamates (subject to hydrolysis) is 1. The minimum atomic E-state index is -0.534. The zero-order valence-corrected chi connectivity index (χ0v) is 17.4. The predicted octanol–water partition coefficient (Wildman–Crippen LogP) is 3.83. The molecule has 2 amide bonds. The number of thiazole rings is 1. The highest BCUT2D eigenvalue weighted by atomic mass is 32.1. The average Bonchev–Trinajstić information content (AvgIpc) is 2.95. The van der Waals surface area contributed by atoms with Crippen LogP contribution in [0.5, 0.6) is 0 Å². The molecule has 152 valence electrons. The molecule has 0 bridgehead atoms. The number of amides is 2. The molecule has 0 spiro atoms. The second-order valence-corrected chi connectivity index (χ2v) is 8.45. The lowest BCUT2D eigenvalue weighted by molar-refractivity contribution is 0.0527. The van der Waals surface area contributed by atoms with Crippen molar-refractivity contribution in [1.82, 2.24) is 15.6 Å². The van der Waals surface area contributed by atoms with Crippen molar-refractivity contribution in [2.75, 3.05) is 13.1 Å². The van der Waals surface area contributed by atoms with Crippen molar-refractivity contribution >= 4 is 23.3 Å². The lowest BCUT2D eigenvalue weighted by Gasteiger charge is -2.19. The summed E-state index contributed by atoms with van der Waals surface area (Å²) in [7, 11) is 0. The van der Waals surface area contributed by atoms with Gasteiger partial charge in [0.25, 0.3) is 5.91 Å². The zero-order chi connectivity index (χ0) is 20.7. The van der Waals surface area contributed by atoms with Crippen LogP contribution in [0.25, 0.3) is 0 Å². The highest BCUT2D eigenvalue weighted by Gasteiger charge is 2.16. The van der Waals surface area contributed by atoms with Crippen LogP contribution in [0.15, 0.2) is 24.3 Å². The molecule has 8 heteroatoms. The van der Waals surface area contributed by atoms with E-state index >= 15 is 0 Å². The standard InChI is InChI=1S/C20H26FN3O3S/c1-13-17(28-16(24-13)12-14-6-8-15(21)9-7-14)18(25)22-10-5-11-23-19(26)27-20(2,3)4/h6-9H,5,10-12H2,1-4H3,(H,22,25)(H,23,26). The van der Waals surface area contributed by atoms with E-state index in [2.05, 4.69) is 15.6 Å². The molecule has 1 aromatic carbocycles. The van der Waals surface area contributed by atoms with Gasteiger partial charge in [0.05, 0.1) is 10.7 Å². The fourth-order valence-corrected chi connectivity index (χ4v) is 3.41. The molecule has 2 rings (SSSR count). The number of nitrogens with zero attached hydrogens (tertiary/aromatic N) is 1. The monoisotopic (exact) mass is 407 g/mol. The van der Waals surface area contributed by atoms with Gasteiger partial charge in [0.15, 0.2) is 0 Å². The molecule has 6 nitrogen and oxygen atoms in total. The van der Waals surface area contributed by atoms with Crippen molar-refractivity contribution in [2.45, 2.75) is 46.1 Å². The second kappa shape index (κ2) is 9.64. The Labute approximate surface area is 168 Å². The zero-order valence-electron chi connectivity index (χ0n) is 16.6. The van der Waals surface area contributed by atoms with Crippen LogP contribution in [0.3, 0.4) is 0 Å². The molecule has 2 aromatic rings. The van der Waals surface area contributed by atoms with E-state index in [4.69, 9.17) is 4.74 Å². The number of aryl methyl sites for hydroxylation is 1. The molecule has 28 heavy (non-hydrogen) atoms. The summed E-state index contributed by atoms with van der Waals surface area (Å²) in [5.74, 6) is -0.460. The Balaban J connectivity index is 1.77. The molecular weight excluding hydrogens is 381 g/mol. The molecule has 0 saturated heterocycles. The van der Waals surface area contributed by atoms with Crippen molar-refractivity contribution < 1.29 is 18.7 Å². The van der Waals surface area contributed by atoms with Gasteiger partial charge in [-0.2, -0.15) is 0 Å². The number of aromatic nitrogens is 1. The summed E-state index contributed by atoms with van der Waals surface area (Å²) in [5, 5.41) is 6.29. The number of rotatable bonds is 7. The fourth-order valence-electron chi connectivity index (χ4n) is 2.39. The number of nitrogens with one attached hydrogen (secondary N) is 2. The van der Waals surface area contributed by atoms with E-state index in [9.17, 15) is 14.0 Å². The number of carbonyl (C=O) groups is 2. The van der Waals surface area contributed by atoms with Gasteiger partial charge in [-0.15, -0.1) is 11.3 Å². The van der Waals surface area contributed by atoms with Gasteiger partial charge in [0.2, 0.25) is 0 Å². The summed E-state index contributed by atoms with van der Waals surface area (Å²) in [4.78, 5) is 28.9. The Morgan fingerprint density at radius 3 is 2.43 bits per heavy atom. The van der Waals surface area contributed by atoms with E-state index in [0.717, 1.165) is 10.6 Å². The highest BCUT2D eigenvalue weighted by Crippen LogP contribution is 2.21. The minimum Gasteiger partial charge on any atom is -0.444 e. The van der Waals surface area contributed by atoms with Gasteiger partial charge in [-0.05, 0) is 51.8 Å². The number of ether oxygens (including phenoxy) is 1. The fraction of sp³-hybridized carbons (Fsp3) is 0.450. The van der Waals surface area contributed by atoms with E-state index in [1.165, 1.54) is 23.5 Å². The molecule has 0 fully saturated rings. The molecule has 2 N–H and O–H groups in total. The molecule has 0 saturated carbocycles. The smallest absolute Gasteiger partial charge is 0.407 e. The molecule has 1 heterocycles. The SMILES string of the molecule is Cc1nc(Cc2ccc(F)cc2)sc1C(=O)NCCCNC(=O)OC(C)(C)C. The average molecular weight is 408 g/mol. The second-order valence-electron chi connectivity index (χ2n) is 7.36. The molecule has 0 atom stereocenters. The minimum absolute atomic E-state index is 0.183. The third-order valence-corrected chi connectivity index (χ3v) is 4.78. The van der Waals surface area contributed by atoms with Crippen LogP contribution in [0.2, 0.25) is 0 Å². The molecule has 0 aliphatic heterocycles. The Bertz CT molecular complexity index is 813. The lowest BCUT2D eigenvalue weighted by atomic mass is 10.1. The van der Waals surface area contributed by atoms with Crippen molar-refractivity contribution in [3.05, 3.63) is 51.2 Å². The molecule has 0 aliphatic carbocycles. The quantitative estimate of drug-likeness (QED) is 0.684. The third kappa shape index (κ3) is 7.26. The topological polar surface area (TPSA) is 80.3 Å². The summed E-state index contributed by atoms with van der Waals surface area (Å²) in [6.45, 7) is 8.03. The number of benzene rings is 1. The highest BCUT2D eigenvalue weighted by molar-refractivity contribution is 7.13. The van der Waals surface area contributed by atoms with Crippen molar-refractivity contribution in [3.63, 3.8) is 0 Å². The maximum atomic E-state index is 13.0. The van der Waals surface area contributed by atoms with Gasteiger partial charge in [-0.3, -0.25) is 4.79 Å². The van der Waals surface area contributed by atoms with Crippen LogP contribution in [-0.2, 0) is 11.2 Å². The number of carbonyl (C=O) groups excluding carboxylic acids is 2. The number of hydrogen-bond donors (Lipinski definition) is 2.